The molecule has 1 atom stereocenters. The molecule has 0 N–H and O–H groups in total. The van der Waals surface area contributed by atoms with E-state index in [0.717, 1.165) is 6.42 Å². The predicted octanol–water partition coefficient (Wildman–Crippen LogP) is 2.17. The number of hydrogen-bond acceptors (Lipinski definition) is 4. The fourth-order valence-electron chi connectivity index (χ4n) is 1.07. The fourth-order valence-corrected chi connectivity index (χ4v) is 1.95. The van der Waals surface area contributed by atoms with E-state index in [4.69, 9.17) is 20.2 Å². The third-order valence-corrected chi connectivity index (χ3v) is 3.81. The van der Waals surface area contributed by atoms with Crippen LogP contribution in [-0.4, -0.2) is 40.1 Å². The summed E-state index contributed by atoms with van der Waals surface area (Å²) in [5.74, 6) is 0.00718. The lowest BCUT2D eigenvalue weighted by Crippen LogP contribution is -2.32. The van der Waals surface area contributed by atoms with Crippen LogP contribution in [0.2, 0.25) is 0 Å². The van der Waals surface area contributed by atoms with Gasteiger partial charge in [0, 0.05) is 24.4 Å². The van der Waals surface area contributed by atoms with Crippen molar-refractivity contribution in [3.63, 3.8) is 0 Å². The molecule has 4 nitrogen and oxygen atoms in total. The molecule has 0 fully saturated rings. The van der Waals surface area contributed by atoms with Gasteiger partial charge in [0.1, 0.15) is 0 Å². The molecule has 16 heavy (non-hydrogen) atoms. The van der Waals surface area contributed by atoms with Gasteiger partial charge in [-0.15, -0.1) is 0 Å². The Kier molecular flexibility index (Phi) is 7.55. The molecular formula is C10H21ClO4S. The summed E-state index contributed by atoms with van der Waals surface area (Å²) in [6.45, 7) is 5.07. The fraction of sp³-hybridized carbons (Fsp3) is 1.00. The summed E-state index contributed by atoms with van der Waals surface area (Å²) in [5, 5.41) is 0. The Hall–Kier alpha value is 0.160. The molecule has 0 saturated heterocycles. The zero-order valence-electron chi connectivity index (χ0n) is 10.2. The van der Waals surface area contributed by atoms with E-state index in [1.807, 2.05) is 13.8 Å². The summed E-state index contributed by atoms with van der Waals surface area (Å²) in [5.41, 5.74) is -0.251. The van der Waals surface area contributed by atoms with Crippen molar-refractivity contribution in [1.82, 2.24) is 0 Å². The second-order valence-electron chi connectivity index (χ2n) is 4.01. The summed E-state index contributed by atoms with van der Waals surface area (Å²) in [6.07, 6.45) is 2.09. The average Bonchev–Trinajstić information content (AvgIpc) is 2.21. The van der Waals surface area contributed by atoms with Crippen molar-refractivity contribution < 1.29 is 17.9 Å². The first kappa shape index (κ1) is 16.2. The van der Waals surface area contributed by atoms with Crippen LogP contribution in [0.1, 0.15) is 33.1 Å². The van der Waals surface area contributed by atoms with Crippen LogP contribution < -0.4 is 0 Å². The van der Waals surface area contributed by atoms with E-state index >= 15 is 0 Å². The quantitative estimate of drug-likeness (QED) is 0.477. The Labute approximate surface area is 103 Å². The van der Waals surface area contributed by atoms with Gasteiger partial charge in [0.25, 0.3) is 0 Å². The molecule has 0 saturated carbocycles. The first-order valence-corrected chi connectivity index (χ1v) is 7.86. The second kappa shape index (κ2) is 7.48. The highest BCUT2D eigenvalue weighted by Crippen LogP contribution is 2.14. The molecule has 6 heteroatoms. The van der Waals surface area contributed by atoms with Gasteiger partial charge in [-0.2, -0.15) is 0 Å². The summed E-state index contributed by atoms with van der Waals surface area (Å²) in [4.78, 5) is 0. The molecular weight excluding hydrogens is 252 g/mol. The maximum absolute atomic E-state index is 10.6. The van der Waals surface area contributed by atoms with Crippen molar-refractivity contribution in [2.24, 2.45) is 0 Å². The molecule has 0 bridgehead atoms. The molecule has 0 aromatic carbocycles. The van der Waals surface area contributed by atoms with Crippen molar-refractivity contribution in [3.05, 3.63) is 0 Å². The van der Waals surface area contributed by atoms with Gasteiger partial charge in [-0.3, -0.25) is 0 Å². The van der Waals surface area contributed by atoms with Crippen LogP contribution in [0.25, 0.3) is 0 Å². The van der Waals surface area contributed by atoms with E-state index in [2.05, 4.69) is 0 Å². The van der Waals surface area contributed by atoms with Gasteiger partial charge in [0.15, 0.2) is 0 Å². The van der Waals surface area contributed by atoms with Gasteiger partial charge >= 0.3 is 0 Å². The zero-order chi connectivity index (χ0) is 12.7. The number of rotatable bonds is 9. The van der Waals surface area contributed by atoms with Crippen molar-refractivity contribution in [2.75, 3.05) is 26.1 Å². The number of unbranched alkanes of at least 4 members (excludes halogenated alkanes) is 1. The number of halogens is 1. The Balaban J connectivity index is 3.54. The number of hydrogen-bond donors (Lipinski definition) is 0. The van der Waals surface area contributed by atoms with Crippen molar-refractivity contribution >= 4 is 19.7 Å². The first-order chi connectivity index (χ1) is 7.33. The Morgan fingerprint density at radius 3 is 2.38 bits per heavy atom. The SMILES string of the molecule is CCC(C)(COCCCCS(=O)(=O)Cl)OC. The normalized spacial score (nSPS) is 16.0. The minimum Gasteiger partial charge on any atom is -0.378 e. The molecule has 0 aliphatic rings. The molecule has 0 aromatic heterocycles. The lowest BCUT2D eigenvalue weighted by atomic mass is 10.1. The molecule has 0 aromatic rings. The van der Waals surface area contributed by atoms with Crippen LogP contribution in [0.5, 0.6) is 0 Å². The van der Waals surface area contributed by atoms with Gasteiger partial charge in [0.2, 0.25) is 9.05 Å². The van der Waals surface area contributed by atoms with E-state index in [-0.39, 0.29) is 11.4 Å². The summed E-state index contributed by atoms with van der Waals surface area (Å²) in [7, 11) is 3.38. The third-order valence-electron chi connectivity index (χ3n) is 2.57. The smallest absolute Gasteiger partial charge is 0.232 e. The highest BCUT2D eigenvalue weighted by Gasteiger charge is 2.20. The molecule has 0 aliphatic carbocycles. The molecule has 0 heterocycles. The summed E-state index contributed by atoms with van der Waals surface area (Å²) in [6, 6.07) is 0. The largest absolute Gasteiger partial charge is 0.378 e. The van der Waals surface area contributed by atoms with Crippen molar-refractivity contribution in [2.45, 2.75) is 38.7 Å². The van der Waals surface area contributed by atoms with Crippen LogP contribution in [0, 0.1) is 0 Å². The van der Waals surface area contributed by atoms with Gasteiger partial charge in [-0.1, -0.05) is 6.92 Å². The lowest BCUT2D eigenvalue weighted by molar-refractivity contribution is -0.0654. The van der Waals surface area contributed by atoms with Gasteiger partial charge < -0.3 is 9.47 Å². The predicted molar refractivity (Wildman–Crippen MR) is 65.4 cm³/mol. The van der Waals surface area contributed by atoms with E-state index in [1.165, 1.54) is 0 Å². The van der Waals surface area contributed by atoms with Crippen LogP contribution in [-0.2, 0) is 18.5 Å². The lowest BCUT2D eigenvalue weighted by Gasteiger charge is -2.26. The third kappa shape index (κ3) is 8.33. The first-order valence-electron chi connectivity index (χ1n) is 5.38. The van der Waals surface area contributed by atoms with E-state index in [1.54, 1.807) is 7.11 Å². The summed E-state index contributed by atoms with van der Waals surface area (Å²) >= 11 is 0. The van der Waals surface area contributed by atoms with Crippen LogP contribution in [0.4, 0.5) is 0 Å². The maximum Gasteiger partial charge on any atom is 0.232 e. The van der Waals surface area contributed by atoms with E-state index in [0.29, 0.717) is 26.1 Å². The van der Waals surface area contributed by atoms with E-state index < -0.39 is 9.05 Å². The zero-order valence-corrected chi connectivity index (χ0v) is 11.7. The average molecular weight is 273 g/mol. The highest BCUT2D eigenvalue weighted by molar-refractivity contribution is 8.13. The van der Waals surface area contributed by atoms with Crippen LogP contribution >= 0.6 is 10.7 Å². The van der Waals surface area contributed by atoms with Gasteiger partial charge in [-0.25, -0.2) is 8.42 Å². The number of ether oxygens (including phenoxy) is 2. The second-order valence-corrected chi connectivity index (χ2v) is 6.91. The highest BCUT2D eigenvalue weighted by atomic mass is 35.7. The van der Waals surface area contributed by atoms with Crippen LogP contribution in [0.15, 0.2) is 0 Å². The molecule has 0 spiro atoms. The molecule has 1 unspecified atom stereocenters. The molecule has 0 aliphatic heterocycles. The molecule has 98 valence electrons. The minimum atomic E-state index is -3.36. The summed E-state index contributed by atoms with van der Waals surface area (Å²) < 4.78 is 32.0. The van der Waals surface area contributed by atoms with Gasteiger partial charge in [-0.05, 0) is 26.2 Å². The Morgan fingerprint density at radius 1 is 1.31 bits per heavy atom. The Bertz CT molecular complexity index is 273. The van der Waals surface area contributed by atoms with Crippen molar-refractivity contribution in [1.29, 1.82) is 0 Å². The molecule has 0 radical (unpaired) electrons. The number of methoxy groups -OCH3 is 1. The van der Waals surface area contributed by atoms with E-state index in [9.17, 15) is 8.42 Å². The standard InChI is InChI=1S/C10H21ClO4S/c1-4-10(2,14-3)9-15-7-5-6-8-16(11,12)13/h4-9H2,1-3H3. The van der Waals surface area contributed by atoms with Crippen molar-refractivity contribution in [3.8, 4) is 0 Å². The van der Waals surface area contributed by atoms with Crippen LogP contribution in [0.3, 0.4) is 0 Å². The maximum atomic E-state index is 10.6. The Morgan fingerprint density at radius 2 is 1.94 bits per heavy atom. The monoisotopic (exact) mass is 272 g/mol. The topological polar surface area (TPSA) is 52.6 Å². The minimum absolute atomic E-state index is 0.00718. The molecule has 0 amide bonds. The van der Waals surface area contributed by atoms with Gasteiger partial charge in [0.05, 0.1) is 18.0 Å². The molecule has 0 rings (SSSR count).